The van der Waals surface area contributed by atoms with E-state index in [2.05, 4.69) is 15.6 Å². The Hall–Kier alpha value is -1.43. The second-order valence-electron chi connectivity index (χ2n) is 3.97. The Bertz CT molecular complexity index is 368. The van der Waals surface area contributed by atoms with E-state index in [-0.39, 0.29) is 5.91 Å². The van der Waals surface area contributed by atoms with E-state index in [4.69, 9.17) is 0 Å². The predicted molar refractivity (Wildman–Crippen MR) is 53.1 cm³/mol. The Kier molecular flexibility index (Phi) is 2.44. The topological polar surface area (TPSA) is 80.0 Å². The molecule has 82 valence electrons. The summed E-state index contributed by atoms with van der Waals surface area (Å²) in [4.78, 5) is 11.7. The summed E-state index contributed by atoms with van der Waals surface area (Å²) >= 11 is 0. The molecule has 1 fully saturated rings. The maximum Gasteiger partial charge on any atom is 0.257 e. The van der Waals surface area contributed by atoms with Crippen LogP contribution in [-0.2, 0) is 11.8 Å². The van der Waals surface area contributed by atoms with E-state index in [1.807, 2.05) is 0 Å². The molecule has 1 aliphatic carbocycles. The lowest BCUT2D eigenvalue weighted by Gasteiger charge is -2.19. The summed E-state index contributed by atoms with van der Waals surface area (Å²) < 4.78 is 1.49. The quantitative estimate of drug-likeness (QED) is 0.723. The Labute approximate surface area is 87.3 Å². The maximum absolute atomic E-state index is 11.7. The lowest BCUT2D eigenvalue weighted by molar-refractivity contribution is -0.133. The van der Waals surface area contributed by atoms with Crippen molar-refractivity contribution in [2.45, 2.75) is 31.3 Å². The monoisotopic (exact) mass is 210 g/mol. The molecule has 0 bridgehead atoms. The minimum absolute atomic E-state index is 0.375. The minimum Gasteiger partial charge on any atom is -0.380 e. The third-order valence-electron chi connectivity index (χ3n) is 2.70. The van der Waals surface area contributed by atoms with Gasteiger partial charge in [-0.1, -0.05) is 5.21 Å². The van der Waals surface area contributed by atoms with E-state index in [0.29, 0.717) is 18.7 Å². The van der Waals surface area contributed by atoms with Crippen molar-refractivity contribution in [2.24, 2.45) is 7.05 Å². The van der Waals surface area contributed by atoms with Crippen LogP contribution in [0.3, 0.4) is 0 Å². The smallest absolute Gasteiger partial charge is 0.257 e. The van der Waals surface area contributed by atoms with Gasteiger partial charge in [-0.3, -0.25) is 9.48 Å². The van der Waals surface area contributed by atoms with E-state index in [1.54, 1.807) is 13.2 Å². The molecule has 6 nitrogen and oxygen atoms in total. The lowest BCUT2D eigenvalue weighted by atomic mass is 10.0. The first-order valence-electron chi connectivity index (χ1n) is 5.00. The van der Waals surface area contributed by atoms with Gasteiger partial charge in [0.15, 0.2) is 5.82 Å². The average Bonchev–Trinajstić information content (AvgIpc) is 2.76. The van der Waals surface area contributed by atoms with Crippen LogP contribution >= 0.6 is 0 Å². The largest absolute Gasteiger partial charge is 0.380 e. The molecule has 0 unspecified atom stereocenters. The fraction of sp³-hybridized carbons (Fsp3) is 0.667. The zero-order chi connectivity index (χ0) is 10.9. The first-order valence-corrected chi connectivity index (χ1v) is 5.00. The van der Waals surface area contributed by atoms with Gasteiger partial charge >= 0.3 is 0 Å². The molecule has 1 heterocycles. The van der Waals surface area contributed by atoms with Crippen LogP contribution in [0.5, 0.6) is 0 Å². The van der Waals surface area contributed by atoms with Crippen LogP contribution < -0.4 is 5.32 Å². The van der Waals surface area contributed by atoms with Crippen molar-refractivity contribution in [3.05, 3.63) is 6.20 Å². The van der Waals surface area contributed by atoms with Crippen molar-refractivity contribution in [1.82, 2.24) is 15.0 Å². The fourth-order valence-corrected chi connectivity index (χ4v) is 1.82. The predicted octanol–water partition coefficient (Wildman–Crippen LogP) is 0.0587. The number of hydrogen-bond donors (Lipinski definition) is 2. The van der Waals surface area contributed by atoms with Gasteiger partial charge in [0.1, 0.15) is 5.60 Å². The number of carbonyl (C=O) groups excluding carboxylic acids is 1. The molecule has 1 aromatic rings. The lowest BCUT2D eigenvalue weighted by Crippen LogP contribution is -2.40. The molecule has 0 radical (unpaired) electrons. The van der Waals surface area contributed by atoms with Gasteiger partial charge in [-0.2, -0.15) is 0 Å². The van der Waals surface area contributed by atoms with E-state index < -0.39 is 5.60 Å². The molecule has 1 aromatic heterocycles. The molecule has 0 spiro atoms. The highest BCUT2D eigenvalue weighted by molar-refractivity contribution is 5.96. The normalized spacial score (nSPS) is 19.1. The Morgan fingerprint density at radius 2 is 2.27 bits per heavy atom. The van der Waals surface area contributed by atoms with Gasteiger partial charge in [0.25, 0.3) is 5.91 Å². The number of nitrogens with zero attached hydrogens (tertiary/aromatic N) is 3. The third-order valence-corrected chi connectivity index (χ3v) is 2.70. The molecule has 0 saturated heterocycles. The molecular formula is C9H14N4O2. The standard InChI is InChI=1S/C9H14N4O2/c1-13-6-7(11-12-13)10-8(14)9(15)4-2-3-5-9/h6,15H,2-5H2,1H3,(H,10,14). The van der Waals surface area contributed by atoms with Gasteiger partial charge < -0.3 is 10.4 Å². The van der Waals surface area contributed by atoms with Crippen molar-refractivity contribution in [2.75, 3.05) is 5.32 Å². The fourth-order valence-electron chi connectivity index (χ4n) is 1.82. The van der Waals surface area contributed by atoms with Gasteiger partial charge in [0.2, 0.25) is 0 Å². The van der Waals surface area contributed by atoms with Crippen LogP contribution in [0.25, 0.3) is 0 Å². The first-order chi connectivity index (χ1) is 7.10. The molecule has 0 aliphatic heterocycles. The number of rotatable bonds is 2. The number of aromatic nitrogens is 3. The number of aliphatic hydroxyl groups is 1. The highest BCUT2D eigenvalue weighted by Crippen LogP contribution is 2.30. The summed E-state index contributed by atoms with van der Waals surface area (Å²) in [5.41, 5.74) is -1.21. The van der Waals surface area contributed by atoms with Crippen molar-refractivity contribution < 1.29 is 9.90 Å². The summed E-state index contributed by atoms with van der Waals surface area (Å²) in [6.45, 7) is 0. The number of carbonyl (C=O) groups is 1. The van der Waals surface area contributed by atoms with Crippen LogP contribution in [0.4, 0.5) is 5.82 Å². The molecule has 1 aliphatic rings. The van der Waals surface area contributed by atoms with Crippen molar-refractivity contribution in [3.8, 4) is 0 Å². The number of hydrogen-bond acceptors (Lipinski definition) is 4. The summed E-state index contributed by atoms with van der Waals surface area (Å²) in [7, 11) is 1.72. The van der Waals surface area contributed by atoms with E-state index >= 15 is 0 Å². The second kappa shape index (κ2) is 3.62. The highest BCUT2D eigenvalue weighted by atomic mass is 16.3. The van der Waals surface area contributed by atoms with Crippen LogP contribution in [0.1, 0.15) is 25.7 Å². The Balaban J connectivity index is 2.03. The SMILES string of the molecule is Cn1cc(NC(=O)C2(O)CCCC2)nn1. The Morgan fingerprint density at radius 3 is 2.80 bits per heavy atom. The van der Waals surface area contributed by atoms with Crippen LogP contribution in [0.2, 0.25) is 0 Å². The van der Waals surface area contributed by atoms with Crippen molar-refractivity contribution in [3.63, 3.8) is 0 Å². The zero-order valence-electron chi connectivity index (χ0n) is 8.60. The second-order valence-corrected chi connectivity index (χ2v) is 3.97. The molecule has 0 atom stereocenters. The third kappa shape index (κ3) is 1.99. The van der Waals surface area contributed by atoms with Crippen molar-refractivity contribution >= 4 is 11.7 Å². The molecule has 2 N–H and O–H groups in total. The molecule has 6 heteroatoms. The van der Waals surface area contributed by atoms with Gasteiger partial charge in [-0.15, -0.1) is 5.10 Å². The van der Waals surface area contributed by atoms with E-state index in [9.17, 15) is 9.90 Å². The van der Waals surface area contributed by atoms with Gasteiger partial charge in [-0.05, 0) is 25.7 Å². The molecule has 15 heavy (non-hydrogen) atoms. The van der Waals surface area contributed by atoms with Crippen LogP contribution in [-0.4, -0.2) is 31.6 Å². The summed E-state index contributed by atoms with van der Waals surface area (Å²) in [5, 5.41) is 19.9. The summed E-state index contributed by atoms with van der Waals surface area (Å²) in [5.74, 6) is 0.00308. The van der Waals surface area contributed by atoms with Crippen LogP contribution in [0.15, 0.2) is 6.20 Å². The van der Waals surface area contributed by atoms with Crippen molar-refractivity contribution in [1.29, 1.82) is 0 Å². The number of anilines is 1. The molecule has 0 aromatic carbocycles. The molecular weight excluding hydrogens is 196 g/mol. The molecule has 1 saturated carbocycles. The molecule has 1 amide bonds. The van der Waals surface area contributed by atoms with E-state index in [0.717, 1.165) is 12.8 Å². The highest BCUT2D eigenvalue weighted by Gasteiger charge is 2.39. The van der Waals surface area contributed by atoms with E-state index in [1.165, 1.54) is 4.68 Å². The number of nitrogens with one attached hydrogen (secondary N) is 1. The summed E-state index contributed by atoms with van der Waals surface area (Å²) in [6.07, 6.45) is 4.43. The first kappa shape index (κ1) is 10.1. The van der Waals surface area contributed by atoms with Gasteiger partial charge in [0, 0.05) is 7.05 Å². The molecule has 2 rings (SSSR count). The Morgan fingerprint density at radius 1 is 1.60 bits per heavy atom. The maximum atomic E-state index is 11.7. The van der Waals surface area contributed by atoms with Gasteiger partial charge in [-0.25, -0.2) is 0 Å². The minimum atomic E-state index is -1.21. The summed E-state index contributed by atoms with van der Waals surface area (Å²) in [6, 6.07) is 0. The average molecular weight is 210 g/mol. The number of amides is 1. The van der Waals surface area contributed by atoms with Gasteiger partial charge in [0.05, 0.1) is 6.20 Å². The number of aryl methyl sites for hydroxylation is 1. The van der Waals surface area contributed by atoms with Crippen LogP contribution in [0, 0.1) is 0 Å². The zero-order valence-corrected chi connectivity index (χ0v) is 8.60.